The molecule has 1 aliphatic rings. The molecule has 0 heterocycles. The molecule has 0 spiro atoms. The van der Waals surface area contributed by atoms with Gasteiger partial charge in [-0.3, -0.25) is 0 Å². The Kier molecular flexibility index (Phi) is 9.72. The van der Waals surface area contributed by atoms with Gasteiger partial charge in [0.25, 0.3) is 0 Å². The number of hydrogen-bond acceptors (Lipinski definition) is 2. The van der Waals surface area contributed by atoms with Crippen molar-refractivity contribution in [2.75, 3.05) is 13.2 Å². The average molecular weight is 388 g/mol. The van der Waals surface area contributed by atoms with E-state index in [0.29, 0.717) is 12.6 Å². The summed E-state index contributed by atoms with van der Waals surface area (Å²) in [6.07, 6.45) is 9.37. The summed E-state index contributed by atoms with van der Waals surface area (Å²) in [6.45, 7) is 3.81. The molecule has 1 atom stereocenters. The topological polar surface area (TPSA) is 21.3 Å². The van der Waals surface area contributed by atoms with Gasteiger partial charge in [-0.15, -0.1) is 12.4 Å². The van der Waals surface area contributed by atoms with E-state index in [2.05, 4.69) is 66.8 Å². The Hall–Kier alpha value is -1.51. The molecule has 1 N–H and O–H groups in total. The largest absolute Gasteiger partial charge is 0.492 e. The molecular weight excluding hydrogens is 354 g/mol. The van der Waals surface area contributed by atoms with Crippen LogP contribution in [0.4, 0.5) is 0 Å². The Morgan fingerprint density at radius 2 is 1.63 bits per heavy atom. The third-order valence-electron chi connectivity index (χ3n) is 5.42. The van der Waals surface area contributed by atoms with E-state index in [1.165, 1.54) is 49.7 Å². The monoisotopic (exact) mass is 387 g/mol. The maximum atomic E-state index is 5.89. The molecule has 0 aromatic heterocycles. The summed E-state index contributed by atoms with van der Waals surface area (Å²) < 4.78 is 5.89. The minimum Gasteiger partial charge on any atom is -0.492 e. The first-order valence-electron chi connectivity index (χ1n) is 10.3. The second-order valence-corrected chi connectivity index (χ2v) is 7.75. The Balaban J connectivity index is 0.00000261. The van der Waals surface area contributed by atoms with Crippen LogP contribution in [0.25, 0.3) is 0 Å². The van der Waals surface area contributed by atoms with Crippen LogP contribution in [0, 0.1) is 5.92 Å². The lowest BCUT2D eigenvalue weighted by Crippen LogP contribution is -2.31. The molecule has 2 aromatic rings. The summed E-state index contributed by atoms with van der Waals surface area (Å²) in [7, 11) is 0. The molecule has 1 aliphatic carbocycles. The minimum atomic E-state index is 0. The Morgan fingerprint density at radius 3 is 2.33 bits per heavy atom. The highest BCUT2D eigenvalue weighted by molar-refractivity contribution is 5.85. The van der Waals surface area contributed by atoms with Crippen molar-refractivity contribution < 1.29 is 4.74 Å². The number of halogens is 1. The van der Waals surface area contributed by atoms with Crippen molar-refractivity contribution in [3.05, 3.63) is 65.7 Å². The predicted molar refractivity (Wildman–Crippen MR) is 117 cm³/mol. The van der Waals surface area contributed by atoms with E-state index < -0.39 is 0 Å². The Bertz CT molecular complexity index is 623. The van der Waals surface area contributed by atoms with Gasteiger partial charge in [0.1, 0.15) is 12.4 Å². The zero-order valence-electron chi connectivity index (χ0n) is 16.5. The van der Waals surface area contributed by atoms with Gasteiger partial charge < -0.3 is 10.1 Å². The molecule has 1 unspecified atom stereocenters. The van der Waals surface area contributed by atoms with E-state index in [1.807, 2.05) is 0 Å². The fraction of sp³-hybridized carbons (Fsp3) is 0.500. The van der Waals surface area contributed by atoms with Crippen LogP contribution in [-0.4, -0.2) is 19.2 Å². The normalized spacial score (nSPS) is 15.7. The van der Waals surface area contributed by atoms with Crippen LogP contribution in [0.2, 0.25) is 0 Å². The lowest BCUT2D eigenvalue weighted by molar-refractivity contribution is 0.306. The Morgan fingerprint density at radius 1 is 0.926 bits per heavy atom. The molecule has 3 heteroatoms. The summed E-state index contributed by atoms with van der Waals surface area (Å²) in [5.74, 6) is 1.88. The maximum Gasteiger partial charge on any atom is 0.119 e. The summed E-state index contributed by atoms with van der Waals surface area (Å²) in [4.78, 5) is 0. The van der Waals surface area contributed by atoms with Gasteiger partial charge in [-0.05, 0) is 48.9 Å². The van der Waals surface area contributed by atoms with E-state index in [0.717, 1.165) is 24.6 Å². The summed E-state index contributed by atoms with van der Waals surface area (Å²) in [6, 6.07) is 19.8. The second-order valence-electron chi connectivity index (χ2n) is 7.75. The van der Waals surface area contributed by atoms with Gasteiger partial charge in [-0.2, -0.15) is 0 Å². The zero-order chi connectivity index (χ0) is 18.0. The first-order valence-corrected chi connectivity index (χ1v) is 10.3. The predicted octanol–water partition coefficient (Wildman–Crippen LogP) is 5.83. The molecule has 1 fully saturated rings. The van der Waals surface area contributed by atoms with Crippen LogP contribution in [-0.2, 0) is 12.8 Å². The maximum absolute atomic E-state index is 5.89. The quantitative estimate of drug-likeness (QED) is 0.546. The average Bonchev–Trinajstić information content (AvgIpc) is 2.68. The SMILES string of the molecule is CC(Cc1ccccc1)NCCOc1ccc(CC2CCCCC2)cc1.Cl. The molecule has 27 heavy (non-hydrogen) atoms. The molecule has 2 nitrogen and oxygen atoms in total. The lowest BCUT2D eigenvalue weighted by atomic mass is 9.85. The molecule has 148 valence electrons. The second kappa shape index (κ2) is 12.0. The number of ether oxygens (including phenoxy) is 1. The van der Waals surface area contributed by atoms with Crippen LogP contribution < -0.4 is 10.1 Å². The van der Waals surface area contributed by atoms with Crippen molar-refractivity contribution in [1.82, 2.24) is 5.32 Å². The fourth-order valence-electron chi connectivity index (χ4n) is 3.96. The third-order valence-corrected chi connectivity index (χ3v) is 5.42. The summed E-state index contributed by atoms with van der Waals surface area (Å²) in [5, 5.41) is 3.54. The van der Waals surface area contributed by atoms with Gasteiger partial charge in [0.15, 0.2) is 0 Å². The van der Waals surface area contributed by atoms with Gasteiger partial charge in [-0.1, -0.05) is 74.6 Å². The first-order chi connectivity index (χ1) is 12.8. The zero-order valence-corrected chi connectivity index (χ0v) is 17.3. The highest BCUT2D eigenvalue weighted by Crippen LogP contribution is 2.27. The first kappa shape index (κ1) is 21.8. The molecule has 0 radical (unpaired) electrons. The number of nitrogens with one attached hydrogen (secondary N) is 1. The Labute approximate surface area is 171 Å². The van der Waals surface area contributed by atoms with Crippen LogP contribution in [0.3, 0.4) is 0 Å². The number of hydrogen-bond donors (Lipinski definition) is 1. The minimum absolute atomic E-state index is 0. The van der Waals surface area contributed by atoms with Crippen LogP contribution in [0.5, 0.6) is 5.75 Å². The summed E-state index contributed by atoms with van der Waals surface area (Å²) in [5.41, 5.74) is 2.83. The van der Waals surface area contributed by atoms with Crippen LogP contribution in [0.15, 0.2) is 54.6 Å². The van der Waals surface area contributed by atoms with E-state index in [9.17, 15) is 0 Å². The van der Waals surface area contributed by atoms with Crippen LogP contribution >= 0.6 is 12.4 Å². The molecular formula is C24H34ClNO. The number of rotatable bonds is 9. The molecule has 1 saturated carbocycles. The van der Waals surface area contributed by atoms with Crippen molar-refractivity contribution in [1.29, 1.82) is 0 Å². The van der Waals surface area contributed by atoms with E-state index in [-0.39, 0.29) is 12.4 Å². The van der Waals surface area contributed by atoms with Crippen molar-refractivity contribution >= 4 is 12.4 Å². The standard InChI is InChI=1S/C24H33NO.ClH/c1-20(18-21-8-4-2-5-9-21)25-16-17-26-24-14-12-23(13-15-24)19-22-10-6-3-7-11-22;/h2,4-5,8-9,12-15,20,22,25H,3,6-7,10-11,16-19H2,1H3;1H. The molecule has 0 amide bonds. The van der Waals surface area contributed by atoms with Gasteiger partial charge in [0.05, 0.1) is 0 Å². The van der Waals surface area contributed by atoms with Crippen molar-refractivity contribution in [3.8, 4) is 5.75 Å². The molecule has 0 saturated heterocycles. The van der Waals surface area contributed by atoms with Crippen LogP contribution in [0.1, 0.15) is 50.2 Å². The lowest BCUT2D eigenvalue weighted by Gasteiger charge is -2.21. The third kappa shape index (κ3) is 7.94. The van der Waals surface area contributed by atoms with Gasteiger partial charge in [0.2, 0.25) is 0 Å². The van der Waals surface area contributed by atoms with E-state index >= 15 is 0 Å². The highest BCUT2D eigenvalue weighted by Gasteiger charge is 2.13. The van der Waals surface area contributed by atoms with Crippen molar-refractivity contribution in [3.63, 3.8) is 0 Å². The van der Waals surface area contributed by atoms with E-state index in [1.54, 1.807) is 0 Å². The van der Waals surface area contributed by atoms with Gasteiger partial charge in [0, 0.05) is 12.6 Å². The molecule has 0 bridgehead atoms. The van der Waals surface area contributed by atoms with Crippen molar-refractivity contribution in [2.24, 2.45) is 5.92 Å². The number of benzene rings is 2. The summed E-state index contributed by atoms with van der Waals surface area (Å²) >= 11 is 0. The highest BCUT2D eigenvalue weighted by atomic mass is 35.5. The van der Waals surface area contributed by atoms with Gasteiger partial charge >= 0.3 is 0 Å². The van der Waals surface area contributed by atoms with Crippen molar-refractivity contribution in [2.45, 2.75) is 57.9 Å². The molecule has 3 rings (SSSR count). The molecule has 0 aliphatic heterocycles. The fourth-order valence-corrected chi connectivity index (χ4v) is 3.96. The smallest absolute Gasteiger partial charge is 0.119 e. The van der Waals surface area contributed by atoms with Gasteiger partial charge in [-0.25, -0.2) is 0 Å². The van der Waals surface area contributed by atoms with E-state index in [4.69, 9.17) is 4.74 Å². The molecule has 2 aromatic carbocycles.